The Labute approximate surface area is 95.4 Å². The molecule has 2 rings (SSSR count). The fraction of sp³-hybridized carbons (Fsp3) is 0.583. The number of hydrogen-bond donors (Lipinski definition) is 1. The van der Waals surface area contributed by atoms with Crippen molar-refractivity contribution in [1.82, 2.24) is 4.90 Å². The Morgan fingerprint density at radius 2 is 2.31 bits per heavy atom. The van der Waals surface area contributed by atoms with Crippen molar-refractivity contribution in [3.05, 3.63) is 23.2 Å². The standard InChI is InChI=1S/C12H18N2O2/c1-8-6-9(2)16-11(8)12(15)14-5-3-4-10(13)7-14/h6,10H,3-5,7,13H2,1-2H3. The van der Waals surface area contributed by atoms with Crippen molar-refractivity contribution >= 4 is 5.91 Å². The molecule has 0 radical (unpaired) electrons. The summed E-state index contributed by atoms with van der Waals surface area (Å²) < 4.78 is 5.43. The van der Waals surface area contributed by atoms with Crippen LogP contribution in [0.3, 0.4) is 0 Å². The summed E-state index contributed by atoms with van der Waals surface area (Å²) in [6.07, 6.45) is 1.98. The third kappa shape index (κ3) is 2.11. The molecule has 0 bridgehead atoms. The number of piperidine rings is 1. The fourth-order valence-electron chi connectivity index (χ4n) is 2.19. The van der Waals surface area contributed by atoms with Gasteiger partial charge in [-0.3, -0.25) is 4.79 Å². The van der Waals surface area contributed by atoms with E-state index < -0.39 is 0 Å². The maximum absolute atomic E-state index is 12.2. The Bertz CT molecular complexity index is 398. The zero-order chi connectivity index (χ0) is 11.7. The number of amides is 1. The first-order valence-corrected chi connectivity index (χ1v) is 5.70. The third-order valence-corrected chi connectivity index (χ3v) is 2.98. The first-order valence-electron chi connectivity index (χ1n) is 5.70. The molecule has 1 aromatic rings. The Morgan fingerprint density at radius 1 is 1.56 bits per heavy atom. The third-order valence-electron chi connectivity index (χ3n) is 2.98. The number of carbonyl (C=O) groups is 1. The largest absolute Gasteiger partial charge is 0.456 e. The van der Waals surface area contributed by atoms with Crippen molar-refractivity contribution in [2.75, 3.05) is 13.1 Å². The number of nitrogens with zero attached hydrogens (tertiary/aromatic N) is 1. The van der Waals surface area contributed by atoms with E-state index in [9.17, 15) is 4.79 Å². The molecule has 1 aliphatic rings. The van der Waals surface area contributed by atoms with Crippen molar-refractivity contribution in [2.24, 2.45) is 5.73 Å². The van der Waals surface area contributed by atoms with Gasteiger partial charge in [0.1, 0.15) is 5.76 Å². The van der Waals surface area contributed by atoms with E-state index in [2.05, 4.69) is 0 Å². The molecule has 1 fully saturated rings. The van der Waals surface area contributed by atoms with Crippen molar-refractivity contribution < 1.29 is 9.21 Å². The summed E-state index contributed by atoms with van der Waals surface area (Å²) >= 11 is 0. The van der Waals surface area contributed by atoms with Gasteiger partial charge in [-0.05, 0) is 32.8 Å². The van der Waals surface area contributed by atoms with Gasteiger partial charge < -0.3 is 15.1 Å². The molecule has 4 heteroatoms. The summed E-state index contributed by atoms with van der Waals surface area (Å²) in [4.78, 5) is 13.9. The zero-order valence-electron chi connectivity index (χ0n) is 9.82. The Balaban J connectivity index is 2.15. The number of hydrogen-bond acceptors (Lipinski definition) is 3. The van der Waals surface area contributed by atoms with E-state index in [1.54, 1.807) is 4.90 Å². The van der Waals surface area contributed by atoms with Gasteiger partial charge in [-0.1, -0.05) is 0 Å². The SMILES string of the molecule is Cc1cc(C)c(C(=O)N2CCCC(N)C2)o1. The van der Waals surface area contributed by atoms with E-state index >= 15 is 0 Å². The van der Waals surface area contributed by atoms with Crippen LogP contribution in [-0.2, 0) is 0 Å². The van der Waals surface area contributed by atoms with Gasteiger partial charge in [-0.2, -0.15) is 0 Å². The molecule has 1 aromatic heterocycles. The van der Waals surface area contributed by atoms with Crippen molar-refractivity contribution in [2.45, 2.75) is 32.7 Å². The average molecular weight is 222 g/mol. The lowest BCUT2D eigenvalue weighted by Gasteiger charge is -2.30. The van der Waals surface area contributed by atoms with Gasteiger partial charge >= 0.3 is 0 Å². The number of aryl methyl sites for hydroxylation is 2. The molecule has 0 aliphatic carbocycles. The van der Waals surface area contributed by atoms with E-state index in [-0.39, 0.29) is 11.9 Å². The second-order valence-electron chi connectivity index (χ2n) is 4.52. The molecule has 88 valence electrons. The predicted molar refractivity (Wildman–Crippen MR) is 61.3 cm³/mol. The van der Waals surface area contributed by atoms with Crippen LogP contribution in [0.25, 0.3) is 0 Å². The lowest BCUT2D eigenvalue weighted by atomic mass is 10.1. The molecule has 1 atom stereocenters. The minimum absolute atomic E-state index is 0.0271. The number of likely N-dealkylation sites (tertiary alicyclic amines) is 1. The maximum atomic E-state index is 12.2. The van der Waals surface area contributed by atoms with E-state index in [0.29, 0.717) is 12.3 Å². The lowest BCUT2D eigenvalue weighted by molar-refractivity contribution is 0.0674. The van der Waals surface area contributed by atoms with Gasteiger partial charge in [0.15, 0.2) is 5.76 Å². The monoisotopic (exact) mass is 222 g/mol. The van der Waals surface area contributed by atoms with Crippen LogP contribution in [0, 0.1) is 13.8 Å². The molecule has 2 N–H and O–H groups in total. The molecule has 4 nitrogen and oxygen atoms in total. The molecule has 1 aliphatic heterocycles. The van der Waals surface area contributed by atoms with Gasteiger partial charge in [0.25, 0.3) is 5.91 Å². The Morgan fingerprint density at radius 3 is 2.88 bits per heavy atom. The molecular formula is C12H18N2O2. The van der Waals surface area contributed by atoms with Gasteiger partial charge in [-0.25, -0.2) is 0 Å². The van der Waals surface area contributed by atoms with Gasteiger partial charge in [0.05, 0.1) is 0 Å². The smallest absolute Gasteiger partial charge is 0.289 e. The molecule has 1 amide bonds. The summed E-state index contributed by atoms with van der Waals surface area (Å²) in [6.45, 7) is 5.17. The fourth-order valence-corrected chi connectivity index (χ4v) is 2.19. The van der Waals surface area contributed by atoms with Crippen molar-refractivity contribution in [3.8, 4) is 0 Å². The van der Waals surface area contributed by atoms with E-state index in [0.717, 1.165) is 30.7 Å². The van der Waals surface area contributed by atoms with Crippen molar-refractivity contribution in [1.29, 1.82) is 0 Å². The van der Waals surface area contributed by atoms with Crippen LogP contribution in [0.1, 0.15) is 34.7 Å². The first-order chi connectivity index (χ1) is 7.58. The highest BCUT2D eigenvalue weighted by Crippen LogP contribution is 2.18. The van der Waals surface area contributed by atoms with Gasteiger partial charge in [0.2, 0.25) is 0 Å². The molecule has 1 saturated heterocycles. The van der Waals surface area contributed by atoms with Crippen LogP contribution in [0.4, 0.5) is 0 Å². The summed E-state index contributed by atoms with van der Waals surface area (Å²) in [5.74, 6) is 1.22. The van der Waals surface area contributed by atoms with E-state index in [1.807, 2.05) is 19.9 Å². The van der Waals surface area contributed by atoms with Crippen LogP contribution >= 0.6 is 0 Å². The number of nitrogens with two attached hydrogens (primary N) is 1. The van der Waals surface area contributed by atoms with Crippen LogP contribution in [0.15, 0.2) is 10.5 Å². The zero-order valence-corrected chi connectivity index (χ0v) is 9.82. The topological polar surface area (TPSA) is 59.5 Å². The second kappa shape index (κ2) is 4.29. The van der Waals surface area contributed by atoms with Crippen LogP contribution in [-0.4, -0.2) is 29.9 Å². The van der Waals surface area contributed by atoms with Crippen LogP contribution in [0.5, 0.6) is 0 Å². The highest BCUT2D eigenvalue weighted by Gasteiger charge is 2.25. The highest BCUT2D eigenvalue weighted by molar-refractivity contribution is 5.93. The van der Waals surface area contributed by atoms with Crippen LogP contribution < -0.4 is 5.73 Å². The maximum Gasteiger partial charge on any atom is 0.289 e. The number of rotatable bonds is 1. The normalized spacial score (nSPS) is 21.2. The summed E-state index contributed by atoms with van der Waals surface area (Å²) in [7, 11) is 0. The quantitative estimate of drug-likeness (QED) is 0.782. The number of carbonyl (C=O) groups excluding carboxylic acids is 1. The van der Waals surface area contributed by atoms with E-state index in [1.165, 1.54) is 0 Å². The molecule has 1 unspecified atom stereocenters. The van der Waals surface area contributed by atoms with E-state index in [4.69, 9.17) is 10.2 Å². The molecule has 0 spiro atoms. The van der Waals surface area contributed by atoms with Gasteiger partial charge in [0, 0.05) is 24.7 Å². The van der Waals surface area contributed by atoms with Crippen LogP contribution in [0.2, 0.25) is 0 Å². The summed E-state index contributed by atoms with van der Waals surface area (Å²) in [5, 5.41) is 0. The lowest BCUT2D eigenvalue weighted by Crippen LogP contribution is -2.45. The minimum atomic E-state index is -0.0271. The average Bonchev–Trinajstić information content (AvgIpc) is 2.57. The first kappa shape index (κ1) is 11.2. The second-order valence-corrected chi connectivity index (χ2v) is 4.52. The summed E-state index contributed by atoms with van der Waals surface area (Å²) in [5.41, 5.74) is 6.76. The minimum Gasteiger partial charge on any atom is -0.456 e. The van der Waals surface area contributed by atoms with Crippen molar-refractivity contribution in [3.63, 3.8) is 0 Å². The number of furan rings is 1. The molecular weight excluding hydrogens is 204 g/mol. The molecule has 0 aromatic carbocycles. The molecule has 2 heterocycles. The Hall–Kier alpha value is -1.29. The molecule has 16 heavy (non-hydrogen) atoms. The van der Waals surface area contributed by atoms with Gasteiger partial charge in [-0.15, -0.1) is 0 Å². The Kier molecular flexibility index (Phi) is 3.01. The molecule has 0 saturated carbocycles. The highest BCUT2D eigenvalue weighted by atomic mass is 16.4. The predicted octanol–water partition coefficient (Wildman–Crippen LogP) is 1.46. The summed E-state index contributed by atoms with van der Waals surface area (Å²) in [6, 6.07) is 1.99.